The summed E-state index contributed by atoms with van der Waals surface area (Å²) in [5.41, 5.74) is 0.995. The lowest BCUT2D eigenvalue weighted by molar-refractivity contribution is -0.159. The van der Waals surface area contributed by atoms with Crippen LogP contribution in [0.25, 0.3) is 11.4 Å². The number of oxime groups is 1. The van der Waals surface area contributed by atoms with Crippen molar-refractivity contribution >= 4 is 16.8 Å². The molecule has 0 aliphatic rings. The predicted molar refractivity (Wildman–Crippen MR) is 66.6 cm³/mol. The lowest BCUT2D eigenvalue weighted by Gasteiger charge is -2.01. The maximum absolute atomic E-state index is 12.3. The first-order valence-corrected chi connectivity index (χ1v) is 6.46. The molecule has 1 heterocycles. The van der Waals surface area contributed by atoms with Crippen molar-refractivity contribution in [3.8, 4) is 11.4 Å². The van der Waals surface area contributed by atoms with Gasteiger partial charge in [0.1, 0.15) is 5.04 Å². The van der Waals surface area contributed by atoms with E-state index in [4.69, 9.17) is 5.21 Å². The normalized spacial score (nSPS) is 12.7. The summed E-state index contributed by atoms with van der Waals surface area (Å²) in [7, 11) is 0. The van der Waals surface area contributed by atoms with Crippen LogP contribution in [0.4, 0.5) is 13.2 Å². The number of nitrogens with zero attached hydrogens (tertiary/aromatic N) is 3. The van der Waals surface area contributed by atoms with Crippen molar-refractivity contribution in [1.82, 2.24) is 10.1 Å². The van der Waals surface area contributed by atoms with Gasteiger partial charge in [-0.2, -0.15) is 18.2 Å². The molecule has 5 nitrogen and oxygen atoms in total. The van der Waals surface area contributed by atoms with Crippen LogP contribution < -0.4 is 0 Å². The van der Waals surface area contributed by atoms with Crippen molar-refractivity contribution in [2.24, 2.45) is 5.16 Å². The first-order valence-electron chi connectivity index (χ1n) is 5.23. The first kappa shape index (κ1) is 14.4. The topological polar surface area (TPSA) is 71.5 Å². The average Bonchev–Trinajstić information content (AvgIpc) is 2.90. The molecule has 1 aromatic heterocycles. The summed E-state index contributed by atoms with van der Waals surface area (Å²) in [4.78, 5) is 3.28. The molecule has 2 rings (SSSR count). The third kappa shape index (κ3) is 2.93. The molecular formula is C11H8F3N3O2S. The number of rotatable bonds is 2. The highest BCUT2D eigenvalue weighted by atomic mass is 32.2. The van der Waals surface area contributed by atoms with E-state index in [0.717, 1.165) is 0 Å². The Morgan fingerprint density at radius 2 is 1.95 bits per heavy atom. The molecular weight excluding hydrogens is 295 g/mol. The van der Waals surface area contributed by atoms with Gasteiger partial charge in [-0.3, -0.25) is 0 Å². The molecule has 0 saturated carbocycles. The number of hydrogen-bond donors (Lipinski definition) is 1. The molecule has 106 valence electrons. The van der Waals surface area contributed by atoms with Crippen LogP contribution in [0.15, 0.2) is 33.9 Å². The minimum absolute atomic E-state index is 0.157. The van der Waals surface area contributed by atoms with E-state index in [2.05, 4.69) is 19.8 Å². The van der Waals surface area contributed by atoms with Gasteiger partial charge in [-0.05, 0) is 6.26 Å². The van der Waals surface area contributed by atoms with Crippen molar-refractivity contribution in [2.45, 2.75) is 6.18 Å². The molecule has 0 unspecified atom stereocenters. The number of benzene rings is 1. The van der Waals surface area contributed by atoms with Crippen molar-refractivity contribution in [3.63, 3.8) is 0 Å². The Labute approximate surface area is 115 Å². The largest absolute Gasteiger partial charge is 0.471 e. The van der Waals surface area contributed by atoms with Crippen molar-refractivity contribution in [3.05, 3.63) is 35.7 Å². The molecule has 0 bridgehead atoms. The Morgan fingerprint density at radius 1 is 1.30 bits per heavy atom. The molecule has 9 heteroatoms. The second kappa shape index (κ2) is 5.53. The van der Waals surface area contributed by atoms with Gasteiger partial charge < -0.3 is 9.73 Å². The summed E-state index contributed by atoms with van der Waals surface area (Å²) >= 11 is 1.23. The molecule has 0 amide bonds. The maximum Gasteiger partial charge on any atom is 0.471 e. The molecule has 0 aliphatic heterocycles. The van der Waals surface area contributed by atoms with Gasteiger partial charge in [0.15, 0.2) is 0 Å². The van der Waals surface area contributed by atoms with E-state index in [-0.39, 0.29) is 5.82 Å². The van der Waals surface area contributed by atoms with Crippen LogP contribution in [0.5, 0.6) is 0 Å². The van der Waals surface area contributed by atoms with Gasteiger partial charge in [-0.1, -0.05) is 34.6 Å². The first-order chi connectivity index (χ1) is 9.45. The lowest BCUT2D eigenvalue weighted by Crippen LogP contribution is -2.04. The van der Waals surface area contributed by atoms with Crippen LogP contribution >= 0.6 is 11.8 Å². The Morgan fingerprint density at radius 3 is 2.40 bits per heavy atom. The van der Waals surface area contributed by atoms with Gasteiger partial charge in [0.25, 0.3) is 0 Å². The molecule has 0 fully saturated rings. The van der Waals surface area contributed by atoms with Crippen LogP contribution in [0.3, 0.4) is 0 Å². The number of alkyl halides is 3. The zero-order chi connectivity index (χ0) is 14.8. The summed E-state index contributed by atoms with van der Waals surface area (Å²) in [6, 6.07) is 6.21. The van der Waals surface area contributed by atoms with E-state index in [9.17, 15) is 13.2 Å². The fourth-order valence-corrected chi connectivity index (χ4v) is 1.89. The average molecular weight is 303 g/mol. The van der Waals surface area contributed by atoms with Gasteiger partial charge >= 0.3 is 12.1 Å². The minimum atomic E-state index is -4.67. The van der Waals surface area contributed by atoms with Gasteiger partial charge in [0, 0.05) is 11.1 Å². The molecule has 20 heavy (non-hydrogen) atoms. The van der Waals surface area contributed by atoms with Crippen LogP contribution in [0.1, 0.15) is 11.5 Å². The van der Waals surface area contributed by atoms with Gasteiger partial charge in [0.05, 0.1) is 0 Å². The molecule has 2 aromatic rings. The smallest absolute Gasteiger partial charge is 0.410 e. The maximum atomic E-state index is 12.3. The lowest BCUT2D eigenvalue weighted by atomic mass is 10.1. The van der Waals surface area contributed by atoms with Crippen LogP contribution in [0.2, 0.25) is 0 Å². The fourth-order valence-electron chi connectivity index (χ4n) is 1.43. The number of aromatic nitrogens is 2. The predicted octanol–water partition coefficient (Wildman–Crippen LogP) is 3.25. The molecule has 0 radical (unpaired) electrons. The minimum Gasteiger partial charge on any atom is -0.410 e. The van der Waals surface area contributed by atoms with Crippen LogP contribution in [-0.2, 0) is 6.18 Å². The monoisotopic (exact) mass is 303 g/mol. The summed E-state index contributed by atoms with van der Waals surface area (Å²) in [6.45, 7) is 0. The van der Waals surface area contributed by atoms with E-state index in [1.54, 1.807) is 18.4 Å². The zero-order valence-electron chi connectivity index (χ0n) is 10.0. The third-order valence-corrected chi connectivity index (χ3v) is 3.05. The van der Waals surface area contributed by atoms with Gasteiger partial charge in [-0.25, -0.2) is 0 Å². The molecule has 0 spiro atoms. The van der Waals surface area contributed by atoms with Crippen molar-refractivity contribution < 1.29 is 22.9 Å². The summed E-state index contributed by atoms with van der Waals surface area (Å²) in [5.74, 6) is -1.55. The Bertz CT molecular complexity index is 623. The molecule has 0 saturated heterocycles. The Kier molecular flexibility index (Phi) is 3.98. The highest BCUT2D eigenvalue weighted by molar-refractivity contribution is 8.13. The number of hydrogen-bond acceptors (Lipinski definition) is 6. The van der Waals surface area contributed by atoms with Gasteiger partial charge in [-0.15, -0.1) is 11.8 Å². The van der Waals surface area contributed by atoms with E-state index < -0.39 is 12.1 Å². The van der Waals surface area contributed by atoms with E-state index >= 15 is 0 Å². The standard InChI is InChI=1S/C11H8F3N3O2S/c1-20-9(16-18)7-4-2-6(3-5-7)8-15-10(19-17-8)11(12,13)14/h2-5,18H,1H3/b16-9-. The highest BCUT2D eigenvalue weighted by Crippen LogP contribution is 2.29. The second-order valence-corrected chi connectivity index (χ2v) is 4.40. The molecule has 1 N–H and O–H groups in total. The number of thioether (sulfide) groups is 1. The highest BCUT2D eigenvalue weighted by Gasteiger charge is 2.38. The third-order valence-electron chi connectivity index (χ3n) is 2.34. The van der Waals surface area contributed by atoms with Gasteiger partial charge in [0.2, 0.25) is 5.82 Å². The second-order valence-electron chi connectivity index (χ2n) is 3.61. The summed E-state index contributed by atoms with van der Waals surface area (Å²) in [6.07, 6.45) is -2.93. The van der Waals surface area contributed by atoms with E-state index in [1.165, 1.54) is 23.9 Å². The van der Waals surface area contributed by atoms with E-state index in [0.29, 0.717) is 16.2 Å². The quantitative estimate of drug-likeness (QED) is 0.399. The van der Waals surface area contributed by atoms with Crippen LogP contribution in [0, 0.1) is 0 Å². The fraction of sp³-hybridized carbons (Fsp3) is 0.182. The van der Waals surface area contributed by atoms with Crippen molar-refractivity contribution in [2.75, 3.05) is 6.26 Å². The summed E-state index contributed by atoms with van der Waals surface area (Å²) in [5, 5.41) is 15.5. The molecule has 0 atom stereocenters. The molecule has 1 aromatic carbocycles. The number of halogens is 3. The van der Waals surface area contributed by atoms with Crippen molar-refractivity contribution in [1.29, 1.82) is 0 Å². The SMILES string of the molecule is CS/C(=N\O)c1ccc(-c2noc(C(F)(F)F)n2)cc1. The van der Waals surface area contributed by atoms with E-state index in [1.807, 2.05) is 0 Å². The Hall–Kier alpha value is -2.03. The van der Waals surface area contributed by atoms with Crippen LogP contribution in [-0.4, -0.2) is 26.6 Å². The Balaban J connectivity index is 2.29. The molecule has 0 aliphatic carbocycles. The zero-order valence-corrected chi connectivity index (χ0v) is 10.9. The summed E-state index contributed by atoms with van der Waals surface area (Å²) < 4.78 is 41.2.